The Morgan fingerprint density at radius 3 is 2.22 bits per heavy atom. The van der Waals surface area contributed by atoms with Gasteiger partial charge in [-0.2, -0.15) is 5.10 Å². The van der Waals surface area contributed by atoms with E-state index in [-0.39, 0.29) is 5.56 Å². The molecule has 0 spiro atoms. The third-order valence-electron chi connectivity index (χ3n) is 5.34. The first-order valence-corrected chi connectivity index (χ1v) is 11.0. The summed E-state index contributed by atoms with van der Waals surface area (Å²) in [5.41, 5.74) is 2.54. The first-order valence-electron chi connectivity index (χ1n) is 11.0. The van der Waals surface area contributed by atoms with Crippen molar-refractivity contribution in [1.82, 2.24) is 9.78 Å². The minimum absolute atomic E-state index is 0.221. The summed E-state index contributed by atoms with van der Waals surface area (Å²) in [7, 11) is 4.59. The quantitative estimate of drug-likeness (QED) is 0.350. The number of carbonyl (C=O) groups is 2. The second kappa shape index (κ2) is 11.1. The van der Waals surface area contributed by atoms with Gasteiger partial charge in [0.1, 0.15) is 28.5 Å². The van der Waals surface area contributed by atoms with E-state index >= 15 is 0 Å². The molecule has 9 nitrogen and oxygen atoms in total. The summed E-state index contributed by atoms with van der Waals surface area (Å²) in [6.07, 6.45) is 1.58. The van der Waals surface area contributed by atoms with E-state index < -0.39 is 18.5 Å². The topological polar surface area (TPSA) is 101 Å². The molecule has 0 saturated heterocycles. The second-order valence-corrected chi connectivity index (χ2v) is 7.59. The number of methoxy groups -OCH3 is 3. The summed E-state index contributed by atoms with van der Waals surface area (Å²) in [4.78, 5) is 25.6. The van der Waals surface area contributed by atoms with Gasteiger partial charge in [-0.15, -0.1) is 0 Å². The van der Waals surface area contributed by atoms with Gasteiger partial charge in [-0.3, -0.25) is 4.79 Å². The van der Waals surface area contributed by atoms with E-state index in [4.69, 9.17) is 18.9 Å². The maximum absolute atomic E-state index is 13.0. The lowest BCUT2D eigenvalue weighted by Gasteiger charge is -2.11. The molecular weight excluding hydrogens is 462 g/mol. The fourth-order valence-electron chi connectivity index (χ4n) is 3.50. The summed E-state index contributed by atoms with van der Waals surface area (Å²) >= 11 is 0. The third kappa shape index (κ3) is 5.47. The molecule has 1 aromatic heterocycles. The van der Waals surface area contributed by atoms with Crippen molar-refractivity contribution in [2.24, 2.45) is 0 Å². The van der Waals surface area contributed by atoms with Gasteiger partial charge in [-0.25, -0.2) is 9.48 Å². The van der Waals surface area contributed by atoms with Gasteiger partial charge >= 0.3 is 5.97 Å². The van der Waals surface area contributed by atoms with Crippen LogP contribution in [0.1, 0.15) is 10.4 Å². The minimum atomic E-state index is -0.681. The van der Waals surface area contributed by atoms with Crippen LogP contribution in [0, 0.1) is 0 Å². The van der Waals surface area contributed by atoms with E-state index in [1.165, 1.54) is 14.2 Å². The number of esters is 1. The Morgan fingerprint density at radius 2 is 1.56 bits per heavy atom. The van der Waals surface area contributed by atoms with Gasteiger partial charge in [0.2, 0.25) is 0 Å². The lowest BCUT2D eigenvalue weighted by molar-refractivity contribution is -0.119. The van der Waals surface area contributed by atoms with Crippen LogP contribution in [0.4, 0.5) is 5.69 Å². The van der Waals surface area contributed by atoms with Crippen molar-refractivity contribution in [2.75, 3.05) is 33.3 Å². The zero-order valence-electron chi connectivity index (χ0n) is 20.1. The van der Waals surface area contributed by atoms with Crippen molar-refractivity contribution in [3.8, 4) is 34.2 Å². The van der Waals surface area contributed by atoms with Crippen molar-refractivity contribution >= 4 is 17.6 Å². The fraction of sp³-hybridized carbons (Fsp3) is 0.148. The molecule has 0 fully saturated rings. The zero-order valence-corrected chi connectivity index (χ0v) is 20.1. The number of hydrogen-bond acceptors (Lipinski definition) is 7. The molecule has 0 atom stereocenters. The molecule has 0 aliphatic heterocycles. The van der Waals surface area contributed by atoms with Crippen LogP contribution in [0.3, 0.4) is 0 Å². The molecule has 4 aromatic rings. The number of para-hydroxylation sites is 1. The number of benzene rings is 3. The molecule has 9 heteroatoms. The Labute approximate surface area is 208 Å². The van der Waals surface area contributed by atoms with Crippen LogP contribution >= 0.6 is 0 Å². The summed E-state index contributed by atoms with van der Waals surface area (Å²) in [5, 5.41) is 7.29. The number of aromatic nitrogens is 2. The predicted octanol–water partition coefficient (Wildman–Crippen LogP) is 4.36. The van der Waals surface area contributed by atoms with Crippen LogP contribution in [0.2, 0.25) is 0 Å². The molecule has 4 rings (SSSR count). The maximum Gasteiger partial charge on any atom is 0.342 e. The molecule has 3 aromatic carbocycles. The minimum Gasteiger partial charge on any atom is -0.497 e. The van der Waals surface area contributed by atoms with E-state index in [2.05, 4.69) is 10.4 Å². The number of nitrogens with one attached hydrogen (secondary N) is 1. The van der Waals surface area contributed by atoms with Gasteiger partial charge in [-0.05, 0) is 48.5 Å². The van der Waals surface area contributed by atoms with E-state index in [0.717, 1.165) is 5.69 Å². The highest BCUT2D eigenvalue weighted by Gasteiger charge is 2.21. The first kappa shape index (κ1) is 24.3. The summed E-state index contributed by atoms with van der Waals surface area (Å²) in [6.45, 7) is -0.493. The van der Waals surface area contributed by atoms with Crippen molar-refractivity contribution in [3.05, 3.63) is 84.6 Å². The van der Waals surface area contributed by atoms with Crippen LogP contribution < -0.4 is 19.5 Å². The van der Waals surface area contributed by atoms with E-state index in [9.17, 15) is 9.59 Å². The largest absolute Gasteiger partial charge is 0.497 e. The summed E-state index contributed by atoms with van der Waals surface area (Å²) < 4.78 is 22.6. The summed E-state index contributed by atoms with van der Waals surface area (Å²) in [6, 6.07) is 21.5. The monoisotopic (exact) mass is 487 g/mol. The predicted molar refractivity (Wildman–Crippen MR) is 134 cm³/mol. The highest BCUT2D eigenvalue weighted by molar-refractivity contribution is 5.99. The fourth-order valence-corrected chi connectivity index (χ4v) is 3.50. The van der Waals surface area contributed by atoms with Gasteiger partial charge < -0.3 is 24.3 Å². The van der Waals surface area contributed by atoms with Crippen LogP contribution in [-0.2, 0) is 9.53 Å². The lowest BCUT2D eigenvalue weighted by atomic mass is 10.1. The molecule has 0 unspecified atom stereocenters. The Kier molecular flexibility index (Phi) is 7.50. The van der Waals surface area contributed by atoms with Crippen molar-refractivity contribution < 1.29 is 28.5 Å². The Hall–Kier alpha value is -4.79. The molecule has 0 aliphatic rings. The smallest absolute Gasteiger partial charge is 0.342 e. The number of ether oxygens (including phenoxy) is 4. The highest BCUT2D eigenvalue weighted by atomic mass is 16.5. The van der Waals surface area contributed by atoms with Crippen LogP contribution in [-0.4, -0.2) is 49.6 Å². The standard InChI is InChI=1S/C27H25N3O6/c1-33-20-11-9-18(10-12-20)26-22(16-30(29-26)19-7-5-4-6-8-19)27(32)36-17-25(31)28-23-14-13-21(34-2)15-24(23)35-3/h4-16H,17H2,1-3H3,(H,28,31). The van der Waals surface area contributed by atoms with Gasteiger partial charge in [0.15, 0.2) is 6.61 Å². The Morgan fingerprint density at radius 1 is 0.861 bits per heavy atom. The SMILES string of the molecule is COc1ccc(-c2nn(-c3ccccc3)cc2C(=O)OCC(=O)Nc2ccc(OC)cc2OC)cc1. The van der Waals surface area contributed by atoms with Crippen molar-refractivity contribution in [2.45, 2.75) is 0 Å². The van der Waals surface area contributed by atoms with Gasteiger partial charge in [-0.1, -0.05) is 18.2 Å². The lowest BCUT2D eigenvalue weighted by Crippen LogP contribution is -2.21. The van der Waals surface area contributed by atoms with Crippen LogP contribution in [0.25, 0.3) is 16.9 Å². The normalized spacial score (nSPS) is 10.4. The number of carbonyl (C=O) groups excluding carboxylic acids is 2. The molecule has 0 radical (unpaired) electrons. The molecule has 1 N–H and O–H groups in total. The van der Waals surface area contributed by atoms with Crippen molar-refractivity contribution in [3.63, 3.8) is 0 Å². The van der Waals surface area contributed by atoms with Crippen LogP contribution in [0.5, 0.6) is 17.2 Å². The average Bonchev–Trinajstić information content (AvgIpc) is 3.38. The molecule has 36 heavy (non-hydrogen) atoms. The Bertz CT molecular complexity index is 1350. The number of amides is 1. The van der Waals surface area contributed by atoms with Gasteiger partial charge in [0.05, 0.1) is 32.7 Å². The van der Waals surface area contributed by atoms with Crippen molar-refractivity contribution in [1.29, 1.82) is 0 Å². The maximum atomic E-state index is 13.0. The Balaban J connectivity index is 1.54. The van der Waals surface area contributed by atoms with E-state index in [1.54, 1.807) is 60.5 Å². The second-order valence-electron chi connectivity index (χ2n) is 7.59. The molecular formula is C27H25N3O6. The number of rotatable bonds is 9. The molecule has 1 heterocycles. The molecule has 0 aliphatic carbocycles. The first-order chi connectivity index (χ1) is 17.5. The number of nitrogens with zero attached hydrogens (tertiary/aromatic N) is 2. The van der Waals surface area contributed by atoms with E-state index in [1.807, 2.05) is 30.3 Å². The van der Waals surface area contributed by atoms with E-state index in [0.29, 0.717) is 34.2 Å². The molecule has 1 amide bonds. The number of hydrogen-bond donors (Lipinski definition) is 1. The number of anilines is 1. The zero-order chi connectivity index (χ0) is 25.5. The van der Waals surface area contributed by atoms with Crippen LogP contribution in [0.15, 0.2) is 79.0 Å². The molecule has 184 valence electrons. The van der Waals surface area contributed by atoms with Gasteiger partial charge in [0.25, 0.3) is 5.91 Å². The third-order valence-corrected chi connectivity index (χ3v) is 5.34. The summed E-state index contributed by atoms with van der Waals surface area (Å²) in [5.74, 6) is 0.474. The molecule has 0 bridgehead atoms. The average molecular weight is 488 g/mol. The van der Waals surface area contributed by atoms with Gasteiger partial charge in [0, 0.05) is 17.8 Å². The molecule has 0 saturated carbocycles. The highest BCUT2D eigenvalue weighted by Crippen LogP contribution is 2.29.